The Labute approximate surface area is 118 Å². The van der Waals surface area contributed by atoms with Crippen molar-refractivity contribution >= 4 is 11.8 Å². The number of phenols is 1. The van der Waals surface area contributed by atoms with Gasteiger partial charge in [0.15, 0.2) is 0 Å². The van der Waals surface area contributed by atoms with Gasteiger partial charge in [0.2, 0.25) is 5.91 Å². The van der Waals surface area contributed by atoms with Gasteiger partial charge in [-0.15, -0.1) is 0 Å². The average molecular weight is 279 g/mol. The number of aromatic hydroxyl groups is 1. The lowest BCUT2D eigenvalue weighted by Crippen LogP contribution is -2.52. The van der Waals surface area contributed by atoms with Crippen LogP contribution in [0.25, 0.3) is 0 Å². The fourth-order valence-corrected chi connectivity index (χ4v) is 1.55. The lowest BCUT2D eigenvalue weighted by atomic mass is 9.94. The lowest BCUT2D eigenvalue weighted by molar-refractivity contribution is -0.133. The van der Waals surface area contributed by atoms with Crippen LogP contribution in [0.3, 0.4) is 0 Å². The lowest BCUT2D eigenvalue weighted by Gasteiger charge is -2.23. The van der Waals surface area contributed by atoms with Crippen LogP contribution in [0.2, 0.25) is 0 Å². The quantitative estimate of drug-likeness (QED) is 0.365. The number of hydrogen-bond donors (Lipinski definition) is 4. The van der Waals surface area contributed by atoms with E-state index in [-0.39, 0.29) is 11.7 Å². The Morgan fingerprint density at radius 1 is 1.25 bits per heavy atom. The van der Waals surface area contributed by atoms with E-state index in [9.17, 15) is 14.7 Å². The number of amides is 2. The van der Waals surface area contributed by atoms with Gasteiger partial charge in [-0.2, -0.15) is 0 Å². The molecule has 110 valence electrons. The minimum Gasteiger partial charge on any atom is -0.508 e. The van der Waals surface area contributed by atoms with Crippen LogP contribution in [0, 0.1) is 5.41 Å². The molecule has 2 amide bonds. The van der Waals surface area contributed by atoms with E-state index >= 15 is 0 Å². The second-order valence-electron chi connectivity index (χ2n) is 5.66. The van der Waals surface area contributed by atoms with E-state index in [0.717, 1.165) is 5.56 Å². The molecule has 0 radical (unpaired) electrons. The van der Waals surface area contributed by atoms with Gasteiger partial charge in [0, 0.05) is 11.8 Å². The molecule has 0 bridgehead atoms. The molecule has 1 unspecified atom stereocenters. The molecule has 0 fully saturated rings. The van der Waals surface area contributed by atoms with Crippen LogP contribution in [0.1, 0.15) is 26.3 Å². The van der Waals surface area contributed by atoms with Crippen LogP contribution in [0.4, 0.5) is 0 Å². The number of nitrogens with two attached hydrogens (primary N) is 1. The Hall–Kier alpha value is -2.08. The highest BCUT2D eigenvalue weighted by molar-refractivity contribution is 5.89. The molecule has 1 atom stereocenters. The van der Waals surface area contributed by atoms with Gasteiger partial charge in [-0.25, -0.2) is 5.84 Å². The SMILES string of the molecule is CC(C)(C)C(=O)NC(Cc1ccc(O)cc1)C(=O)NN. The van der Waals surface area contributed by atoms with Crippen molar-refractivity contribution in [2.45, 2.75) is 33.2 Å². The molecule has 20 heavy (non-hydrogen) atoms. The van der Waals surface area contributed by atoms with E-state index in [1.807, 2.05) is 0 Å². The van der Waals surface area contributed by atoms with Crippen LogP contribution in [-0.4, -0.2) is 23.0 Å². The topological polar surface area (TPSA) is 104 Å². The molecular weight excluding hydrogens is 258 g/mol. The number of rotatable bonds is 4. The maximum atomic E-state index is 12.0. The number of phenolic OH excluding ortho intramolecular Hbond substituents is 1. The van der Waals surface area contributed by atoms with E-state index in [1.165, 1.54) is 12.1 Å². The number of nitrogens with one attached hydrogen (secondary N) is 2. The Balaban J connectivity index is 2.82. The van der Waals surface area contributed by atoms with Gasteiger partial charge in [0.1, 0.15) is 11.8 Å². The van der Waals surface area contributed by atoms with Gasteiger partial charge >= 0.3 is 0 Å². The molecule has 1 aromatic carbocycles. The molecule has 0 heterocycles. The highest BCUT2D eigenvalue weighted by Gasteiger charge is 2.27. The van der Waals surface area contributed by atoms with E-state index < -0.39 is 17.4 Å². The van der Waals surface area contributed by atoms with Gasteiger partial charge in [-0.05, 0) is 17.7 Å². The Kier molecular flexibility index (Phi) is 5.10. The van der Waals surface area contributed by atoms with E-state index in [0.29, 0.717) is 6.42 Å². The summed E-state index contributed by atoms with van der Waals surface area (Å²) in [6.07, 6.45) is 0.297. The maximum Gasteiger partial charge on any atom is 0.256 e. The van der Waals surface area contributed by atoms with E-state index in [1.54, 1.807) is 32.9 Å². The zero-order valence-electron chi connectivity index (χ0n) is 11.9. The number of carbonyl (C=O) groups excluding carboxylic acids is 2. The standard InChI is InChI=1S/C14H21N3O3/c1-14(2,3)13(20)16-11(12(19)17-15)8-9-4-6-10(18)7-5-9/h4-7,11,18H,8,15H2,1-3H3,(H,16,20)(H,17,19). The van der Waals surface area contributed by atoms with E-state index in [4.69, 9.17) is 5.84 Å². The molecule has 5 N–H and O–H groups in total. The number of hydrazine groups is 1. The van der Waals surface area contributed by atoms with Crippen molar-refractivity contribution in [1.82, 2.24) is 10.7 Å². The van der Waals surface area contributed by atoms with Crippen molar-refractivity contribution < 1.29 is 14.7 Å². The fourth-order valence-electron chi connectivity index (χ4n) is 1.55. The van der Waals surface area contributed by atoms with E-state index in [2.05, 4.69) is 10.7 Å². The summed E-state index contributed by atoms with van der Waals surface area (Å²) < 4.78 is 0. The third-order valence-corrected chi connectivity index (χ3v) is 2.82. The highest BCUT2D eigenvalue weighted by Crippen LogP contribution is 2.15. The van der Waals surface area contributed by atoms with Gasteiger partial charge in [-0.1, -0.05) is 32.9 Å². The Morgan fingerprint density at radius 3 is 2.25 bits per heavy atom. The third kappa shape index (κ3) is 4.55. The number of hydrogen-bond acceptors (Lipinski definition) is 4. The van der Waals surface area contributed by atoms with Crippen molar-refractivity contribution in [3.05, 3.63) is 29.8 Å². The third-order valence-electron chi connectivity index (χ3n) is 2.82. The van der Waals surface area contributed by atoms with Gasteiger partial charge < -0.3 is 10.4 Å². The minimum absolute atomic E-state index is 0.146. The van der Waals surface area contributed by atoms with Crippen LogP contribution in [0.15, 0.2) is 24.3 Å². The smallest absolute Gasteiger partial charge is 0.256 e. The zero-order valence-corrected chi connectivity index (χ0v) is 11.9. The molecule has 1 rings (SSSR count). The van der Waals surface area contributed by atoms with Gasteiger partial charge in [-0.3, -0.25) is 15.0 Å². The average Bonchev–Trinajstić information content (AvgIpc) is 2.38. The second kappa shape index (κ2) is 6.38. The molecule has 0 saturated heterocycles. The fraction of sp³-hybridized carbons (Fsp3) is 0.429. The predicted octanol–water partition coefficient (Wildman–Crippen LogP) is 0.456. The van der Waals surface area contributed by atoms with Crippen molar-refractivity contribution in [3.63, 3.8) is 0 Å². The molecular formula is C14H21N3O3. The van der Waals surface area contributed by atoms with Crippen LogP contribution < -0.4 is 16.6 Å². The molecule has 0 aromatic heterocycles. The molecule has 0 aliphatic rings. The largest absolute Gasteiger partial charge is 0.508 e. The van der Waals surface area contributed by atoms with Crippen molar-refractivity contribution in [2.75, 3.05) is 0 Å². The maximum absolute atomic E-state index is 12.0. The number of carbonyl (C=O) groups is 2. The highest BCUT2D eigenvalue weighted by atomic mass is 16.3. The molecule has 0 saturated carbocycles. The van der Waals surface area contributed by atoms with Crippen LogP contribution in [-0.2, 0) is 16.0 Å². The number of benzene rings is 1. The summed E-state index contributed by atoms with van der Waals surface area (Å²) in [5, 5.41) is 11.9. The molecule has 6 heteroatoms. The normalized spacial score (nSPS) is 12.6. The summed E-state index contributed by atoms with van der Waals surface area (Å²) >= 11 is 0. The monoisotopic (exact) mass is 279 g/mol. The summed E-state index contributed by atoms with van der Waals surface area (Å²) in [7, 11) is 0. The van der Waals surface area contributed by atoms with Gasteiger partial charge in [0.05, 0.1) is 0 Å². The van der Waals surface area contributed by atoms with Crippen molar-refractivity contribution in [3.8, 4) is 5.75 Å². The summed E-state index contributed by atoms with van der Waals surface area (Å²) in [6.45, 7) is 5.29. The first-order valence-electron chi connectivity index (χ1n) is 6.33. The van der Waals surface area contributed by atoms with Crippen molar-refractivity contribution in [2.24, 2.45) is 11.3 Å². The van der Waals surface area contributed by atoms with Crippen molar-refractivity contribution in [1.29, 1.82) is 0 Å². The first-order chi connectivity index (χ1) is 9.24. The first-order valence-corrected chi connectivity index (χ1v) is 6.33. The zero-order chi connectivity index (χ0) is 15.3. The minimum atomic E-state index is -0.753. The Bertz CT molecular complexity index is 477. The van der Waals surface area contributed by atoms with Crippen LogP contribution in [0.5, 0.6) is 5.75 Å². The second-order valence-corrected chi connectivity index (χ2v) is 5.66. The predicted molar refractivity (Wildman–Crippen MR) is 75.5 cm³/mol. The first kappa shape index (κ1) is 16.0. The summed E-state index contributed by atoms with van der Waals surface area (Å²) in [4.78, 5) is 23.7. The molecule has 0 aliphatic heterocycles. The Morgan fingerprint density at radius 2 is 1.80 bits per heavy atom. The molecule has 6 nitrogen and oxygen atoms in total. The molecule has 0 spiro atoms. The summed E-state index contributed by atoms with van der Waals surface area (Å²) in [5.41, 5.74) is 2.27. The molecule has 0 aliphatic carbocycles. The molecule has 1 aromatic rings. The summed E-state index contributed by atoms with van der Waals surface area (Å²) in [6, 6.07) is 5.68. The summed E-state index contributed by atoms with van der Waals surface area (Å²) in [5.74, 6) is 4.60. The van der Waals surface area contributed by atoms with Gasteiger partial charge in [0.25, 0.3) is 5.91 Å². The van der Waals surface area contributed by atoms with Crippen LogP contribution >= 0.6 is 0 Å².